The first-order valence-electron chi connectivity index (χ1n) is 24.5. The van der Waals surface area contributed by atoms with Gasteiger partial charge in [0.1, 0.15) is 0 Å². The van der Waals surface area contributed by atoms with Gasteiger partial charge in [0, 0.05) is 38.4 Å². The normalized spacial score (nSPS) is 15.3. The molecule has 0 saturated carbocycles. The number of aromatic nitrogens is 1. The third kappa shape index (κ3) is 4.81. The van der Waals surface area contributed by atoms with Crippen LogP contribution in [-0.4, -0.2) is 4.57 Å². The Balaban J connectivity index is 1.02. The number of nitrogens with zero attached hydrogens (tertiary/aromatic N) is 2. The van der Waals surface area contributed by atoms with E-state index in [9.17, 15) is 0 Å². The Morgan fingerprint density at radius 3 is 1.62 bits per heavy atom. The summed E-state index contributed by atoms with van der Waals surface area (Å²) in [4.78, 5) is 2.58. The summed E-state index contributed by atoms with van der Waals surface area (Å²) in [7, 11) is 0. The highest BCUT2D eigenvalue weighted by molar-refractivity contribution is 6.13. The van der Waals surface area contributed by atoms with Crippen LogP contribution in [0.3, 0.4) is 0 Å². The van der Waals surface area contributed by atoms with E-state index in [1.54, 1.807) is 0 Å². The molecule has 10 aromatic carbocycles. The van der Waals surface area contributed by atoms with Crippen molar-refractivity contribution < 1.29 is 0 Å². The van der Waals surface area contributed by atoms with Gasteiger partial charge in [-0.05, 0) is 120 Å². The van der Waals surface area contributed by atoms with Crippen molar-refractivity contribution in [2.24, 2.45) is 0 Å². The van der Waals surface area contributed by atoms with Crippen molar-refractivity contribution in [3.8, 4) is 50.2 Å². The van der Waals surface area contributed by atoms with E-state index in [0.717, 1.165) is 11.4 Å². The maximum atomic E-state index is 2.58. The number of benzene rings is 10. The molecule has 0 atom stereocenters. The first-order valence-corrected chi connectivity index (χ1v) is 24.5. The van der Waals surface area contributed by atoms with Gasteiger partial charge in [0.2, 0.25) is 0 Å². The van der Waals surface area contributed by atoms with Crippen LogP contribution in [0.25, 0.3) is 72.0 Å². The smallest absolute Gasteiger partial charge is 0.0754 e. The number of para-hydroxylation sites is 3. The Kier molecular flexibility index (Phi) is 7.60. The van der Waals surface area contributed by atoms with E-state index in [1.165, 1.54) is 122 Å². The fourth-order valence-electron chi connectivity index (χ4n) is 13.8. The van der Waals surface area contributed by atoms with Crippen molar-refractivity contribution in [3.05, 3.63) is 263 Å². The zero-order valence-electron chi connectivity index (χ0n) is 39.2. The van der Waals surface area contributed by atoms with Crippen LogP contribution in [0.15, 0.2) is 218 Å². The lowest BCUT2D eigenvalue weighted by Crippen LogP contribution is -2.33. The molecule has 326 valence electrons. The van der Waals surface area contributed by atoms with Crippen LogP contribution >= 0.6 is 0 Å². The number of hydrogen-bond acceptors (Lipinski definition) is 1. The molecule has 0 fully saturated rings. The highest BCUT2D eigenvalue weighted by Crippen LogP contribution is 2.62. The van der Waals surface area contributed by atoms with Gasteiger partial charge in [-0.3, -0.25) is 0 Å². The van der Waals surface area contributed by atoms with Gasteiger partial charge >= 0.3 is 0 Å². The van der Waals surface area contributed by atoms with Crippen LogP contribution in [0, 0.1) is 0 Å². The van der Waals surface area contributed by atoms with E-state index in [0.29, 0.717) is 0 Å². The second-order valence-corrected chi connectivity index (χ2v) is 20.8. The van der Waals surface area contributed by atoms with Gasteiger partial charge in [-0.1, -0.05) is 204 Å². The summed E-state index contributed by atoms with van der Waals surface area (Å²) in [5.74, 6) is 0. The summed E-state index contributed by atoms with van der Waals surface area (Å²) >= 11 is 0. The third-order valence-corrected chi connectivity index (χ3v) is 16.8. The first kappa shape index (κ1) is 38.9. The molecule has 0 unspecified atom stereocenters. The van der Waals surface area contributed by atoms with Crippen LogP contribution in [-0.2, 0) is 16.2 Å². The van der Waals surface area contributed by atoms with Gasteiger partial charge < -0.3 is 9.47 Å². The van der Waals surface area contributed by atoms with Crippen LogP contribution in [0.4, 0.5) is 17.1 Å². The minimum Gasteiger partial charge on any atom is -0.309 e. The first-order chi connectivity index (χ1) is 33.8. The summed E-state index contributed by atoms with van der Waals surface area (Å²) in [5, 5.41) is 2.57. The molecule has 0 radical (unpaired) electrons. The lowest BCUT2D eigenvalue weighted by molar-refractivity contribution is 0.660. The minimum absolute atomic E-state index is 0.153. The van der Waals surface area contributed by atoms with Crippen molar-refractivity contribution in [1.29, 1.82) is 0 Å². The van der Waals surface area contributed by atoms with Crippen molar-refractivity contribution in [3.63, 3.8) is 0 Å². The topological polar surface area (TPSA) is 8.17 Å². The third-order valence-electron chi connectivity index (χ3n) is 16.8. The number of fused-ring (bicyclic) bond motifs is 18. The Morgan fingerprint density at radius 1 is 0.348 bits per heavy atom. The average molecular weight is 881 g/mol. The molecular formula is C67H48N2. The molecule has 0 N–H and O–H groups in total. The maximum Gasteiger partial charge on any atom is 0.0754 e. The fourth-order valence-corrected chi connectivity index (χ4v) is 13.8. The molecule has 0 bridgehead atoms. The Labute approximate surface area is 403 Å². The van der Waals surface area contributed by atoms with Gasteiger partial charge in [0.15, 0.2) is 0 Å². The highest BCUT2D eigenvalue weighted by Gasteiger charge is 2.51. The Hall–Kier alpha value is -8.20. The van der Waals surface area contributed by atoms with Crippen LogP contribution in [0.5, 0.6) is 0 Å². The minimum atomic E-state index is -0.548. The summed E-state index contributed by atoms with van der Waals surface area (Å²) in [6.07, 6.45) is 0. The van der Waals surface area contributed by atoms with Gasteiger partial charge in [0.05, 0.1) is 33.5 Å². The van der Waals surface area contributed by atoms with Crippen molar-refractivity contribution in [2.45, 2.75) is 43.9 Å². The molecule has 2 heterocycles. The summed E-state index contributed by atoms with van der Waals surface area (Å²) in [5.41, 5.74) is 27.4. The van der Waals surface area contributed by atoms with Crippen LogP contribution in [0.2, 0.25) is 0 Å². The van der Waals surface area contributed by atoms with Crippen LogP contribution in [0.1, 0.15) is 72.2 Å². The van der Waals surface area contributed by atoms with E-state index in [2.05, 4.69) is 256 Å². The van der Waals surface area contributed by atoms with E-state index in [4.69, 9.17) is 0 Å². The SMILES string of the molecule is CC1(C)c2ccccc2-c2ccc(N(c3ccccc3-c3ccc4c(c3)C3(c5ccccc5-c5ccccc53)c3cccc5c6ccccc6n-4c35)c3cccc4c3-c3ccccc3C4(C)C)cc21. The molecule has 2 nitrogen and oxygen atoms in total. The van der Waals surface area contributed by atoms with E-state index in [1.807, 2.05) is 0 Å². The van der Waals surface area contributed by atoms with E-state index >= 15 is 0 Å². The molecular weight excluding hydrogens is 833 g/mol. The molecule has 0 amide bonds. The summed E-state index contributed by atoms with van der Waals surface area (Å²) < 4.78 is 2.56. The summed E-state index contributed by atoms with van der Waals surface area (Å²) in [6.45, 7) is 9.55. The monoisotopic (exact) mass is 880 g/mol. The zero-order valence-corrected chi connectivity index (χ0v) is 39.2. The summed E-state index contributed by atoms with van der Waals surface area (Å²) in [6, 6.07) is 83.1. The molecule has 3 aliphatic carbocycles. The molecule has 1 spiro atoms. The van der Waals surface area contributed by atoms with Gasteiger partial charge in [0.25, 0.3) is 0 Å². The molecule has 15 rings (SSSR count). The van der Waals surface area contributed by atoms with Crippen LogP contribution < -0.4 is 4.90 Å². The number of hydrogen-bond donors (Lipinski definition) is 0. The lowest BCUT2D eigenvalue weighted by atomic mass is 9.65. The number of rotatable bonds is 4. The standard InChI is InChI=1S/C67H48N2/c1-65(2)52-27-12-8-24-50(52)63-55(65)30-18-34-62(63)68(42-36-37-47-44-20-5-11-26-51(44)66(3,4)57(47)40-42)59-32-15-9-19-43(59)41-35-38-61-58(39-41)67(53-28-13-6-21-45(53)46-22-7-14-29-54(46)67)56-31-17-25-49-48-23-10-16-33-60(48)69(61)64(49)56/h5-40H,1-4H3. The highest BCUT2D eigenvalue weighted by atomic mass is 15.1. The second kappa shape index (κ2) is 13.5. The number of anilines is 3. The quantitative estimate of drug-likeness (QED) is 0.171. The lowest BCUT2D eigenvalue weighted by Gasteiger charge is -2.40. The fraction of sp³-hybridized carbons (Fsp3) is 0.104. The molecule has 1 aromatic heterocycles. The zero-order chi connectivity index (χ0) is 46.0. The van der Waals surface area contributed by atoms with E-state index < -0.39 is 5.41 Å². The molecule has 11 aromatic rings. The molecule has 69 heavy (non-hydrogen) atoms. The predicted molar refractivity (Wildman–Crippen MR) is 287 cm³/mol. The van der Waals surface area contributed by atoms with Gasteiger partial charge in [-0.25, -0.2) is 0 Å². The Morgan fingerprint density at radius 2 is 0.870 bits per heavy atom. The van der Waals surface area contributed by atoms with E-state index in [-0.39, 0.29) is 10.8 Å². The van der Waals surface area contributed by atoms with Crippen molar-refractivity contribution in [2.75, 3.05) is 4.90 Å². The van der Waals surface area contributed by atoms with Crippen molar-refractivity contribution in [1.82, 2.24) is 4.57 Å². The average Bonchev–Trinajstić information content (AvgIpc) is 4.04. The molecule has 0 saturated heterocycles. The van der Waals surface area contributed by atoms with Gasteiger partial charge in [-0.2, -0.15) is 0 Å². The Bertz CT molecular complexity index is 4000. The van der Waals surface area contributed by atoms with Gasteiger partial charge in [-0.15, -0.1) is 0 Å². The maximum absolute atomic E-state index is 2.58. The largest absolute Gasteiger partial charge is 0.309 e. The molecule has 1 aliphatic heterocycles. The molecule has 2 heteroatoms. The predicted octanol–water partition coefficient (Wildman–Crippen LogP) is 17.2. The van der Waals surface area contributed by atoms with Crippen molar-refractivity contribution >= 4 is 38.9 Å². The second-order valence-electron chi connectivity index (χ2n) is 20.8. The molecule has 4 aliphatic rings.